The van der Waals surface area contributed by atoms with Gasteiger partial charge in [-0.15, -0.1) is 0 Å². The minimum Gasteiger partial charge on any atom is -0.455 e. The lowest BCUT2D eigenvalue weighted by Gasteiger charge is -2.26. The fourth-order valence-corrected chi connectivity index (χ4v) is 8.82. The molecule has 0 aliphatic rings. The number of furan rings is 1. The molecule has 11 rings (SSSR count). The highest BCUT2D eigenvalue weighted by atomic mass is 19.1. The van der Waals surface area contributed by atoms with E-state index >= 15 is 8.78 Å². The SMILES string of the molecule is Fc1ccc2c3cc(-c4ccc(N(c5ccc(-c6ccccc6)cc5)c5ccc(-c6ccccc6)cc5)cc4)c(F)cc3c3oc(-c4ccccc4)c(-c4ccccc4)c3c2c1. The second-order valence-corrected chi connectivity index (χ2v) is 15.5. The second-order valence-electron chi connectivity index (χ2n) is 15.5. The first kappa shape index (κ1) is 37.0. The number of nitrogens with zero attached hydrogens (tertiary/aromatic N) is 1. The first-order valence-electron chi connectivity index (χ1n) is 20.7. The van der Waals surface area contributed by atoms with Gasteiger partial charge in [0.1, 0.15) is 23.0 Å². The molecule has 1 aromatic heterocycles. The molecule has 10 aromatic carbocycles. The Morgan fingerprint density at radius 1 is 0.339 bits per heavy atom. The quantitative estimate of drug-likeness (QED) is 0.142. The van der Waals surface area contributed by atoms with Crippen LogP contribution in [0.1, 0.15) is 0 Å². The van der Waals surface area contributed by atoms with E-state index in [-0.39, 0.29) is 11.6 Å². The number of rotatable bonds is 8. The van der Waals surface area contributed by atoms with Crippen molar-refractivity contribution < 1.29 is 13.2 Å². The highest BCUT2D eigenvalue weighted by Gasteiger charge is 2.24. The minimum atomic E-state index is -0.378. The normalized spacial score (nSPS) is 11.4. The number of benzene rings is 10. The summed E-state index contributed by atoms with van der Waals surface area (Å²) in [6.45, 7) is 0. The molecule has 294 valence electrons. The molecule has 62 heavy (non-hydrogen) atoms. The lowest BCUT2D eigenvalue weighted by atomic mass is 9.91. The van der Waals surface area contributed by atoms with E-state index in [2.05, 4.69) is 77.7 Å². The van der Waals surface area contributed by atoms with Crippen LogP contribution in [0.5, 0.6) is 0 Å². The molecule has 4 heteroatoms. The number of hydrogen-bond acceptors (Lipinski definition) is 2. The Bertz CT molecular complexity index is 3280. The Hall–Kier alpha value is -8.08. The van der Waals surface area contributed by atoms with E-state index < -0.39 is 0 Å². The molecule has 0 saturated carbocycles. The van der Waals surface area contributed by atoms with Crippen LogP contribution in [-0.4, -0.2) is 0 Å². The highest BCUT2D eigenvalue weighted by molar-refractivity contribution is 6.29. The topological polar surface area (TPSA) is 16.4 Å². The van der Waals surface area contributed by atoms with Crippen molar-refractivity contribution in [1.29, 1.82) is 0 Å². The fraction of sp³-hybridized carbons (Fsp3) is 0. The Labute approximate surface area is 358 Å². The van der Waals surface area contributed by atoms with E-state index in [9.17, 15) is 0 Å². The molecule has 0 bridgehead atoms. The Morgan fingerprint density at radius 2 is 0.790 bits per heavy atom. The van der Waals surface area contributed by atoms with E-state index in [0.717, 1.165) is 77.7 Å². The summed E-state index contributed by atoms with van der Waals surface area (Å²) >= 11 is 0. The van der Waals surface area contributed by atoms with Gasteiger partial charge in [-0.3, -0.25) is 0 Å². The molecule has 0 aliphatic carbocycles. The molecule has 0 spiro atoms. The van der Waals surface area contributed by atoms with Crippen molar-refractivity contribution in [2.45, 2.75) is 0 Å². The largest absolute Gasteiger partial charge is 0.455 e. The van der Waals surface area contributed by atoms with Gasteiger partial charge in [-0.1, -0.05) is 164 Å². The summed E-state index contributed by atoms with van der Waals surface area (Å²) in [5, 5.41) is 3.67. The lowest BCUT2D eigenvalue weighted by Crippen LogP contribution is -2.09. The standard InChI is InChI=1S/C58H37F2NO/c59-45-27-34-49-51-36-50(54(60)37-53(51)58-56(52(49)35-45)55(43-17-9-3-10-18-43)57(62-58)44-19-11-4-12-20-44)42-25-32-48(33-26-42)61(46-28-21-40(22-29-46)38-13-5-1-6-14-38)47-30-23-41(24-31-47)39-15-7-2-8-16-39/h1-37H. The summed E-state index contributed by atoms with van der Waals surface area (Å²) in [7, 11) is 0. The van der Waals surface area contributed by atoms with Crippen molar-refractivity contribution >= 4 is 49.6 Å². The van der Waals surface area contributed by atoms with Gasteiger partial charge in [0, 0.05) is 44.5 Å². The molecule has 2 nitrogen and oxygen atoms in total. The number of anilines is 3. The van der Waals surface area contributed by atoms with Crippen molar-refractivity contribution in [3.8, 4) is 55.8 Å². The lowest BCUT2D eigenvalue weighted by molar-refractivity contribution is 0.627. The molecule has 0 atom stereocenters. The van der Waals surface area contributed by atoms with Crippen LogP contribution in [0, 0.1) is 11.6 Å². The Morgan fingerprint density at radius 3 is 1.31 bits per heavy atom. The number of fused-ring (bicyclic) bond motifs is 6. The highest BCUT2D eigenvalue weighted by Crippen LogP contribution is 2.48. The van der Waals surface area contributed by atoms with Gasteiger partial charge in [0.15, 0.2) is 0 Å². The van der Waals surface area contributed by atoms with E-state index in [4.69, 9.17) is 4.42 Å². The summed E-state index contributed by atoms with van der Waals surface area (Å²) in [5.41, 5.74) is 11.8. The molecule has 11 aromatic rings. The molecule has 0 fully saturated rings. The van der Waals surface area contributed by atoms with Crippen molar-refractivity contribution in [3.05, 3.63) is 236 Å². The van der Waals surface area contributed by atoms with Crippen molar-refractivity contribution in [2.24, 2.45) is 0 Å². The number of halogens is 2. The van der Waals surface area contributed by atoms with Crippen molar-refractivity contribution in [3.63, 3.8) is 0 Å². The summed E-state index contributed by atoms with van der Waals surface area (Å²) in [5.74, 6) is -0.0813. The average molecular weight is 802 g/mol. The number of hydrogen-bond donors (Lipinski definition) is 0. The first-order chi connectivity index (χ1) is 30.6. The summed E-state index contributed by atoms with van der Waals surface area (Å²) in [6, 6.07) is 74.0. The zero-order chi connectivity index (χ0) is 41.6. The van der Waals surface area contributed by atoms with Crippen LogP contribution >= 0.6 is 0 Å². The van der Waals surface area contributed by atoms with Gasteiger partial charge in [0.05, 0.1) is 0 Å². The van der Waals surface area contributed by atoms with Crippen LogP contribution in [-0.2, 0) is 0 Å². The van der Waals surface area contributed by atoms with Gasteiger partial charge < -0.3 is 9.32 Å². The van der Waals surface area contributed by atoms with Crippen LogP contribution in [0.2, 0.25) is 0 Å². The molecule has 0 N–H and O–H groups in total. The third-order valence-corrected chi connectivity index (χ3v) is 11.8. The van der Waals surface area contributed by atoms with Gasteiger partial charge in [-0.05, 0) is 110 Å². The van der Waals surface area contributed by atoms with Crippen molar-refractivity contribution in [2.75, 3.05) is 4.90 Å². The van der Waals surface area contributed by atoms with Crippen LogP contribution in [0.25, 0.3) is 88.3 Å². The maximum atomic E-state index is 16.8. The van der Waals surface area contributed by atoms with Gasteiger partial charge in [-0.2, -0.15) is 0 Å². The maximum absolute atomic E-state index is 16.8. The average Bonchev–Trinajstić information content (AvgIpc) is 3.75. The third-order valence-electron chi connectivity index (χ3n) is 11.8. The minimum absolute atomic E-state index is 0.355. The maximum Gasteiger partial charge on any atom is 0.144 e. The zero-order valence-electron chi connectivity index (χ0n) is 33.5. The predicted molar refractivity (Wildman–Crippen MR) is 253 cm³/mol. The molecule has 0 unspecified atom stereocenters. The van der Waals surface area contributed by atoms with Gasteiger partial charge >= 0.3 is 0 Å². The molecular weight excluding hydrogens is 765 g/mol. The predicted octanol–water partition coefficient (Wildman–Crippen LogP) is 16.8. The van der Waals surface area contributed by atoms with Gasteiger partial charge in [0.25, 0.3) is 0 Å². The molecule has 0 radical (unpaired) electrons. The van der Waals surface area contributed by atoms with E-state index in [1.807, 2.05) is 127 Å². The summed E-state index contributed by atoms with van der Waals surface area (Å²) in [4.78, 5) is 2.22. The summed E-state index contributed by atoms with van der Waals surface area (Å²) in [6.07, 6.45) is 0. The second kappa shape index (κ2) is 15.5. The smallest absolute Gasteiger partial charge is 0.144 e. The molecule has 1 heterocycles. The molecule has 0 amide bonds. The van der Waals surface area contributed by atoms with E-state index in [1.54, 1.807) is 18.2 Å². The van der Waals surface area contributed by atoms with Gasteiger partial charge in [0.2, 0.25) is 0 Å². The van der Waals surface area contributed by atoms with Crippen LogP contribution in [0.15, 0.2) is 229 Å². The summed E-state index contributed by atoms with van der Waals surface area (Å²) < 4.78 is 38.9. The van der Waals surface area contributed by atoms with Crippen LogP contribution < -0.4 is 4.90 Å². The fourth-order valence-electron chi connectivity index (χ4n) is 8.82. The monoisotopic (exact) mass is 801 g/mol. The van der Waals surface area contributed by atoms with Crippen LogP contribution in [0.4, 0.5) is 25.8 Å². The van der Waals surface area contributed by atoms with E-state index in [1.165, 1.54) is 6.07 Å². The first-order valence-corrected chi connectivity index (χ1v) is 20.7. The van der Waals surface area contributed by atoms with Crippen LogP contribution in [0.3, 0.4) is 0 Å². The van der Waals surface area contributed by atoms with Gasteiger partial charge in [-0.25, -0.2) is 8.78 Å². The molecular formula is C58H37F2NO. The Kier molecular flexibility index (Phi) is 9.24. The molecule has 0 aliphatic heterocycles. The zero-order valence-corrected chi connectivity index (χ0v) is 33.5. The third kappa shape index (κ3) is 6.59. The molecule has 0 saturated heterocycles. The van der Waals surface area contributed by atoms with E-state index in [0.29, 0.717) is 27.7 Å². The van der Waals surface area contributed by atoms with Crippen molar-refractivity contribution in [1.82, 2.24) is 0 Å². The Balaban J connectivity index is 1.04.